The summed E-state index contributed by atoms with van der Waals surface area (Å²) in [6.45, 7) is 3.42. The van der Waals surface area contributed by atoms with Gasteiger partial charge in [0.1, 0.15) is 12.4 Å². The van der Waals surface area contributed by atoms with Crippen LogP contribution in [0.5, 0.6) is 5.75 Å². The first kappa shape index (κ1) is 18.8. The van der Waals surface area contributed by atoms with E-state index in [4.69, 9.17) is 9.47 Å². The molecule has 1 aromatic carbocycles. The molecule has 0 aliphatic carbocycles. The van der Waals surface area contributed by atoms with Crippen LogP contribution in [0.1, 0.15) is 31.7 Å². The van der Waals surface area contributed by atoms with Gasteiger partial charge in [0.25, 0.3) is 0 Å². The molecule has 0 radical (unpaired) electrons. The zero-order valence-corrected chi connectivity index (χ0v) is 14.7. The second-order valence-electron chi connectivity index (χ2n) is 6.49. The van der Waals surface area contributed by atoms with Gasteiger partial charge >= 0.3 is 6.18 Å². The van der Waals surface area contributed by atoms with Crippen molar-refractivity contribution in [2.75, 3.05) is 19.7 Å². The average molecular weight is 371 g/mol. The zero-order chi connectivity index (χ0) is 18.6. The highest BCUT2D eigenvalue weighted by atomic mass is 19.4. The Kier molecular flexibility index (Phi) is 5.90. The minimum atomic E-state index is -4.33. The van der Waals surface area contributed by atoms with Crippen molar-refractivity contribution in [1.29, 1.82) is 0 Å². The van der Waals surface area contributed by atoms with Gasteiger partial charge < -0.3 is 20.1 Å². The van der Waals surface area contributed by atoms with Crippen LogP contribution in [0.3, 0.4) is 0 Å². The number of rotatable bonds is 6. The number of ether oxygens (including phenoxy) is 2. The summed E-state index contributed by atoms with van der Waals surface area (Å²) in [6, 6.07) is 4.95. The monoisotopic (exact) mass is 371 g/mol. The molecule has 2 saturated heterocycles. The van der Waals surface area contributed by atoms with Gasteiger partial charge in [-0.15, -0.1) is 0 Å². The molecule has 3 atom stereocenters. The van der Waals surface area contributed by atoms with E-state index in [1.54, 1.807) is 0 Å². The molecule has 2 aliphatic heterocycles. The Morgan fingerprint density at radius 2 is 2.04 bits per heavy atom. The third-order valence-corrected chi connectivity index (χ3v) is 4.58. The molecule has 0 spiro atoms. The fraction of sp³-hybridized carbons (Fsp3) is 0.611. The normalized spacial score (nSPS) is 25.4. The molecule has 3 rings (SSSR count). The first-order valence-corrected chi connectivity index (χ1v) is 8.96. The lowest BCUT2D eigenvalue weighted by Gasteiger charge is -2.22. The highest BCUT2D eigenvalue weighted by molar-refractivity contribution is 5.80. The van der Waals surface area contributed by atoms with Gasteiger partial charge in [-0.05, 0) is 50.5 Å². The van der Waals surface area contributed by atoms with Crippen molar-refractivity contribution < 1.29 is 22.6 Å². The second kappa shape index (κ2) is 8.16. The Labute approximate surface area is 151 Å². The van der Waals surface area contributed by atoms with Gasteiger partial charge in [-0.25, -0.2) is 4.99 Å². The maximum Gasteiger partial charge on any atom is 0.416 e. The maximum atomic E-state index is 12.5. The molecule has 1 aromatic rings. The lowest BCUT2D eigenvalue weighted by atomic mass is 9.96. The fourth-order valence-corrected chi connectivity index (χ4v) is 3.35. The number of hydrogen-bond acceptors (Lipinski definition) is 3. The van der Waals surface area contributed by atoms with Crippen molar-refractivity contribution in [2.24, 2.45) is 4.99 Å². The van der Waals surface area contributed by atoms with Crippen molar-refractivity contribution in [2.45, 2.75) is 50.6 Å². The number of nitrogens with one attached hydrogen (secondary N) is 2. The van der Waals surface area contributed by atoms with Crippen LogP contribution in [0.15, 0.2) is 29.3 Å². The summed E-state index contributed by atoms with van der Waals surface area (Å²) in [5.74, 6) is 1.11. The molecule has 0 aromatic heterocycles. The molecule has 2 fully saturated rings. The van der Waals surface area contributed by atoms with E-state index >= 15 is 0 Å². The number of nitrogens with zero attached hydrogens (tertiary/aromatic N) is 1. The molecule has 2 N–H and O–H groups in total. The average Bonchev–Trinajstić information content (AvgIpc) is 3.21. The SMILES string of the molecule is CCNC(=NCCOc1ccc(C(F)(F)F)cc1)NC1CC2CCC1O2. The quantitative estimate of drug-likeness (QED) is 0.459. The third-order valence-electron chi connectivity index (χ3n) is 4.58. The van der Waals surface area contributed by atoms with E-state index in [-0.39, 0.29) is 18.8 Å². The van der Waals surface area contributed by atoms with Crippen LogP contribution < -0.4 is 15.4 Å². The Hall–Kier alpha value is -1.96. The number of guanidine groups is 1. The largest absolute Gasteiger partial charge is 0.492 e. The van der Waals surface area contributed by atoms with Crippen molar-refractivity contribution in [3.05, 3.63) is 29.8 Å². The molecule has 8 heteroatoms. The highest BCUT2D eigenvalue weighted by Crippen LogP contribution is 2.34. The van der Waals surface area contributed by atoms with Gasteiger partial charge in [-0.3, -0.25) is 0 Å². The van der Waals surface area contributed by atoms with Crippen LogP contribution in [-0.2, 0) is 10.9 Å². The van der Waals surface area contributed by atoms with Crippen LogP contribution in [0, 0.1) is 0 Å². The molecule has 5 nitrogen and oxygen atoms in total. The molecular weight excluding hydrogens is 347 g/mol. The summed E-state index contributed by atoms with van der Waals surface area (Å²) in [4.78, 5) is 4.47. The molecule has 3 unspecified atom stereocenters. The van der Waals surface area contributed by atoms with E-state index in [9.17, 15) is 13.2 Å². The predicted molar refractivity (Wildman–Crippen MR) is 92.4 cm³/mol. The minimum absolute atomic E-state index is 0.257. The van der Waals surface area contributed by atoms with Gasteiger partial charge in [-0.2, -0.15) is 13.2 Å². The maximum absolute atomic E-state index is 12.5. The summed E-state index contributed by atoms with van der Waals surface area (Å²) in [5.41, 5.74) is -0.686. The van der Waals surface area contributed by atoms with Crippen molar-refractivity contribution in [3.63, 3.8) is 0 Å². The number of halogens is 3. The topological polar surface area (TPSA) is 54.9 Å². The van der Waals surface area contributed by atoms with Gasteiger partial charge in [0, 0.05) is 6.54 Å². The van der Waals surface area contributed by atoms with Crippen LogP contribution in [0.25, 0.3) is 0 Å². The van der Waals surface area contributed by atoms with E-state index in [2.05, 4.69) is 15.6 Å². The number of hydrogen-bond donors (Lipinski definition) is 2. The Morgan fingerprint density at radius 3 is 2.62 bits per heavy atom. The van der Waals surface area contributed by atoms with E-state index in [0.29, 0.717) is 24.4 Å². The fourth-order valence-electron chi connectivity index (χ4n) is 3.35. The Balaban J connectivity index is 1.46. The predicted octanol–water partition coefficient (Wildman–Crippen LogP) is 2.96. The number of benzene rings is 1. The highest BCUT2D eigenvalue weighted by Gasteiger charge is 2.41. The van der Waals surface area contributed by atoms with E-state index in [1.807, 2.05) is 6.92 Å². The van der Waals surface area contributed by atoms with Crippen LogP contribution in [0.4, 0.5) is 13.2 Å². The summed E-state index contributed by atoms with van der Waals surface area (Å²) >= 11 is 0. The van der Waals surface area contributed by atoms with Gasteiger partial charge in [-0.1, -0.05) is 0 Å². The first-order chi connectivity index (χ1) is 12.5. The van der Waals surface area contributed by atoms with E-state index in [0.717, 1.165) is 37.9 Å². The van der Waals surface area contributed by atoms with E-state index in [1.165, 1.54) is 12.1 Å². The molecule has 2 bridgehead atoms. The molecule has 144 valence electrons. The van der Waals surface area contributed by atoms with E-state index < -0.39 is 11.7 Å². The molecular formula is C18H24F3N3O2. The number of aliphatic imine (C=N–C) groups is 1. The minimum Gasteiger partial charge on any atom is -0.492 e. The number of alkyl halides is 3. The number of fused-ring (bicyclic) bond motifs is 2. The summed E-state index contributed by atoms with van der Waals surface area (Å²) in [5, 5.41) is 6.60. The molecule has 0 saturated carbocycles. The van der Waals surface area contributed by atoms with Gasteiger partial charge in [0.2, 0.25) is 0 Å². The Bertz CT molecular complexity index is 619. The van der Waals surface area contributed by atoms with Crippen molar-refractivity contribution in [3.8, 4) is 5.75 Å². The third kappa shape index (κ3) is 4.81. The lowest BCUT2D eigenvalue weighted by Crippen LogP contribution is -2.47. The van der Waals surface area contributed by atoms with Crippen molar-refractivity contribution >= 4 is 5.96 Å². The standard InChI is InChI=1S/C18H24F3N3O2/c1-2-22-17(24-15-11-14-7-8-16(15)26-14)23-9-10-25-13-5-3-12(4-6-13)18(19,20)21/h3-6,14-16H,2,7-11H2,1H3,(H2,22,23,24). The summed E-state index contributed by atoms with van der Waals surface area (Å²) < 4.78 is 48.9. The summed E-state index contributed by atoms with van der Waals surface area (Å²) in [7, 11) is 0. The smallest absolute Gasteiger partial charge is 0.416 e. The van der Waals surface area contributed by atoms with Crippen LogP contribution in [-0.4, -0.2) is 43.9 Å². The molecule has 0 amide bonds. The van der Waals surface area contributed by atoms with Crippen molar-refractivity contribution in [1.82, 2.24) is 10.6 Å². The molecule has 2 heterocycles. The molecule has 2 aliphatic rings. The van der Waals surface area contributed by atoms with Crippen LogP contribution in [0.2, 0.25) is 0 Å². The first-order valence-electron chi connectivity index (χ1n) is 8.96. The summed E-state index contributed by atoms with van der Waals surface area (Å²) in [6.07, 6.45) is -0.498. The Morgan fingerprint density at radius 1 is 1.27 bits per heavy atom. The van der Waals surface area contributed by atoms with Gasteiger partial charge in [0.05, 0.1) is 30.4 Å². The zero-order valence-electron chi connectivity index (χ0n) is 14.7. The van der Waals surface area contributed by atoms with Gasteiger partial charge in [0.15, 0.2) is 5.96 Å². The van der Waals surface area contributed by atoms with Crippen LogP contribution >= 0.6 is 0 Å². The lowest BCUT2D eigenvalue weighted by molar-refractivity contribution is -0.137. The molecule has 26 heavy (non-hydrogen) atoms. The second-order valence-corrected chi connectivity index (χ2v) is 6.49.